The van der Waals surface area contributed by atoms with Crippen LogP contribution in [-0.2, 0) is 26.1 Å². The number of carbonyl (C=O) groups excluding carboxylic acids is 1. The third-order valence-corrected chi connectivity index (χ3v) is 5.77. The van der Waals surface area contributed by atoms with Gasteiger partial charge in [0.15, 0.2) is 5.78 Å². The van der Waals surface area contributed by atoms with Crippen molar-refractivity contribution >= 4 is 16.8 Å². The number of rotatable bonds is 10. The highest BCUT2D eigenvalue weighted by atomic mass is 16.5. The summed E-state index contributed by atoms with van der Waals surface area (Å²) in [5, 5.41) is 20.2. The van der Waals surface area contributed by atoms with Gasteiger partial charge in [-0.15, -0.1) is 15.0 Å². The van der Waals surface area contributed by atoms with E-state index in [1.807, 2.05) is 71.0 Å². The minimum absolute atomic E-state index is 0.0203. The molecule has 2 aromatic carbocycles. The largest absolute Gasteiger partial charge is 0.505 e. The average Bonchev–Trinajstić information content (AvgIpc) is 3.18. The van der Waals surface area contributed by atoms with Crippen LogP contribution in [-0.4, -0.2) is 50.8 Å². The normalized spacial score (nSPS) is 12.6. The molecule has 3 aromatic rings. The first-order valence-electron chi connectivity index (χ1n) is 11.9. The van der Waals surface area contributed by atoms with E-state index in [-0.39, 0.29) is 23.1 Å². The quantitative estimate of drug-likeness (QED) is 0.415. The predicted molar refractivity (Wildman–Crippen MR) is 134 cm³/mol. The Kier molecular flexibility index (Phi) is 7.78. The molecule has 1 heterocycles. The molecule has 0 unspecified atom stereocenters. The topological polar surface area (TPSA) is 86.5 Å². The predicted octanol–water partition coefficient (Wildman–Crippen LogP) is 5.15. The van der Waals surface area contributed by atoms with Crippen molar-refractivity contribution in [2.24, 2.45) is 0 Å². The van der Waals surface area contributed by atoms with Crippen molar-refractivity contribution in [1.82, 2.24) is 15.0 Å². The highest BCUT2D eigenvalue weighted by molar-refractivity contribution is 5.86. The van der Waals surface area contributed by atoms with Gasteiger partial charge in [-0.2, -0.15) is 0 Å². The second kappa shape index (κ2) is 10.2. The van der Waals surface area contributed by atoms with E-state index in [0.29, 0.717) is 31.7 Å². The molecule has 0 saturated heterocycles. The molecule has 0 saturated carbocycles. The van der Waals surface area contributed by atoms with Gasteiger partial charge in [0, 0.05) is 12.0 Å². The van der Waals surface area contributed by atoms with Crippen LogP contribution in [0, 0.1) is 0 Å². The smallest absolute Gasteiger partial charge is 0.164 e. The number of nitrogens with zero attached hydrogens (tertiary/aromatic N) is 3. The molecular formula is C27H37N3O4. The number of aryl methyl sites for hydroxylation is 1. The van der Waals surface area contributed by atoms with Crippen LogP contribution in [0.5, 0.6) is 5.75 Å². The summed E-state index contributed by atoms with van der Waals surface area (Å²) in [5.41, 5.74) is 2.53. The molecule has 34 heavy (non-hydrogen) atoms. The van der Waals surface area contributed by atoms with E-state index in [9.17, 15) is 9.90 Å². The van der Waals surface area contributed by atoms with Gasteiger partial charge in [-0.1, -0.05) is 39.0 Å². The Labute approximate surface area is 202 Å². The molecule has 184 valence electrons. The van der Waals surface area contributed by atoms with Gasteiger partial charge in [-0.05, 0) is 63.3 Å². The molecule has 7 heteroatoms. The van der Waals surface area contributed by atoms with Crippen molar-refractivity contribution in [3.05, 3.63) is 47.5 Å². The second-order valence-electron chi connectivity index (χ2n) is 10.4. The zero-order valence-electron chi connectivity index (χ0n) is 21.4. The Morgan fingerprint density at radius 3 is 2.21 bits per heavy atom. The summed E-state index contributed by atoms with van der Waals surface area (Å²) in [6.07, 6.45) is 0.969. The van der Waals surface area contributed by atoms with Crippen LogP contribution in [0.2, 0.25) is 0 Å². The number of hydrogen-bond donors (Lipinski definition) is 1. The molecule has 0 aliphatic heterocycles. The zero-order valence-corrected chi connectivity index (χ0v) is 21.4. The molecule has 0 radical (unpaired) electrons. The lowest BCUT2D eigenvalue weighted by molar-refractivity contribution is -0.142. The number of hydrogen-bond acceptors (Lipinski definition) is 6. The maximum atomic E-state index is 12.9. The minimum atomic E-state index is -0.895. The minimum Gasteiger partial charge on any atom is -0.505 e. The Bertz CT molecular complexity index is 1110. The number of carbonyl (C=O) groups is 1. The van der Waals surface area contributed by atoms with Crippen molar-refractivity contribution in [3.8, 4) is 11.4 Å². The Morgan fingerprint density at radius 2 is 1.65 bits per heavy atom. The number of ether oxygens (including phenoxy) is 2. The Balaban J connectivity index is 1.82. The first-order valence-corrected chi connectivity index (χ1v) is 11.9. The summed E-state index contributed by atoms with van der Waals surface area (Å²) in [7, 11) is 0. The van der Waals surface area contributed by atoms with Crippen molar-refractivity contribution in [2.45, 2.75) is 78.4 Å². The molecule has 0 bridgehead atoms. The molecule has 0 amide bonds. The van der Waals surface area contributed by atoms with Gasteiger partial charge in [0.25, 0.3) is 0 Å². The van der Waals surface area contributed by atoms with Crippen LogP contribution < -0.4 is 0 Å². The highest BCUT2D eigenvalue weighted by Crippen LogP contribution is 2.36. The number of phenols is 1. The number of benzene rings is 2. The monoisotopic (exact) mass is 467 g/mol. The van der Waals surface area contributed by atoms with Gasteiger partial charge in [0.2, 0.25) is 0 Å². The van der Waals surface area contributed by atoms with Crippen molar-refractivity contribution < 1.29 is 19.4 Å². The van der Waals surface area contributed by atoms with Crippen LogP contribution in [0.25, 0.3) is 16.7 Å². The van der Waals surface area contributed by atoms with Crippen LogP contribution in [0.3, 0.4) is 0 Å². The molecule has 0 spiro atoms. The van der Waals surface area contributed by atoms with Crippen molar-refractivity contribution in [1.29, 1.82) is 0 Å². The number of fused-ring (bicyclic) bond motifs is 1. The fraction of sp³-hybridized carbons (Fsp3) is 0.519. The fourth-order valence-electron chi connectivity index (χ4n) is 3.73. The summed E-state index contributed by atoms with van der Waals surface area (Å²) < 4.78 is 11.3. The lowest BCUT2D eigenvalue weighted by Gasteiger charge is -2.25. The summed E-state index contributed by atoms with van der Waals surface area (Å²) in [6, 6.07) is 11.4. The lowest BCUT2D eigenvalue weighted by Crippen LogP contribution is -2.36. The van der Waals surface area contributed by atoms with E-state index in [0.717, 1.165) is 22.2 Å². The van der Waals surface area contributed by atoms with E-state index in [4.69, 9.17) is 9.47 Å². The summed E-state index contributed by atoms with van der Waals surface area (Å²) in [6.45, 7) is 14.5. The van der Waals surface area contributed by atoms with Crippen molar-refractivity contribution in [3.63, 3.8) is 0 Å². The maximum Gasteiger partial charge on any atom is 0.164 e. The molecule has 1 N–H and O–H groups in total. The van der Waals surface area contributed by atoms with Gasteiger partial charge in [0.05, 0.1) is 19.3 Å². The number of Topliss-reactive ketones (excluding diaryl/α,β-unsaturated/α-hetero) is 1. The lowest BCUT2D eigenvalue weighted by atomic mass is 9.84. The number of ketones is 1. The van der Waals surface area contributed by atoms with Gasteiger partial charge < -0.3 is 14.6 Å². The third kappa shape index (κ3) is 6.21. The van der Waals surface area contributed by atoms with E-state index in [1.54, 1.807) is 13.8 Å². The summed E-state index contributed by atoms with van der Waals surface area (Å²) in [4.78, 5) is 14.4. The number of phenolic OH excluding ortho intramolecular Hbond substituents is 1. The first-order chi connectivity index (χ1) is 15.9. The van der Waals surface area contributed by atoms with Crippen LogP contribution in [0.15, 0.2) is 36.4 Å². The van der Waals surface area contributed by atoms with Crippen molar-refractivity contribution in [2.75, 3.05) is 13.2 Å². The standard InChI is InChI=1S/C27H37N3O4/c1-18(2)33-14-15-34-27(6,7)24(31)13-12-19-16-20(26(3,4)5)25(32)23(17-19)30-28-21-10-8-9-11-22(21)29-30/h8-11,16-18,32H,12-15H2,1-7H3. The summed E-state index contributed by atoms with van der Waals surface area (Å²) in [5.74, 6) is 0.170. The number of aromatic hydroxyl groups is 1. The van der Waals surface area contributed by atoms with Crippen LogP contribution in [0.4, 0.5) is 0 Å². The Morgan fingerprint density at radius 1 is 1.03 bits per heavy atom. The fourth-order valence-corrected chi connectivity index (χ4v) is 3.73. The van der Waals surface area contributed by atoms with E-state index in [2.05, 4.69) is 10.2 Å². The van der Waals surface area contributed by atoms with Gasteiger partial charge in [-0.3, -0.25) is 4.79 Å². The van der Waals surface area contributed by atoms with E-state index >= 15 is 0 Å². The van der Waals surface area contributed by atoms with Crippen LogP contribution in [0.1, 0.15) is 66.0 Å². The molecule has 0 fully saturated rings. The maximum absolute atomic E-state index is 12.9. The number of aromatic nitrogens is 3. The molecular weight excluding hydrogens is 430 g/mol. The van der Waals surface area contributed by atoms with E-state index in [1.165, 1.54) is 4.80 Å². The molecule has 1 aromatic heterocycles. The molecule has 0 atom stereocenters. The Hall–Kier alpha value is -2.77. The average molecular weight is 468 g/mol. The SMILES string of the molecule is CC(C)OCCOC(C)(C)C(=O)CCc1cc(-n2nc3ccccc3n2)c(O)c(C(C)(C)C)c1. The van der Waals surface area contributed by atoms with Gasteiger partial charge in [-0.25, -0.2) is 0 Å². The van der Waals surface area contributed by atoms with Crippen LogP contribution >= 0.6 is 0 Å². The molecule has 7 nitrogen and oxygen atoms in total. The summed E-state index contributed by atoms with van der Waals surface area (Å²) >= 11 is 0. The first kappa shape index (κ1) is 25.8. The van der Waals surface area contributed by atoms with Gasteiger partial charge >= 0.3 is 0 Å². The molecule has 0 aliphatic rings. The second-order valence-corrected chi connectivity index (χ2v) is 10.4. The van der Waals surface area contributed by atoms with Gasteiger partial charge in [0.1, 0.15) is 28.1 Å². The third-order valence-electron chi connectivity index (χ3n) is 5.77. The zero-order chi connectivity index (χ0) is 25.1. The molecule has 0 aliphatic carbocycles. The van der Waals surface area contributed by atoms with E-state index < -0.39 is 5.60 Å². The molecule has 3 rings (SSSR count). The highest BCUT2D eigenvalue weighted by Gasteiger charge is 2.28.